The van der Waals surface area contributed by atoms with Gasteiger partial charge in [-0.05, 0) is 12.8 Å². The number of ether oxygens (including phenoxy) is 1. The van der Waals surface area contributed by atoms with Crippen LogP contribution in [0.5, 0.6) is 0 Å². The quantitative estimate of drug-likeness (QED) is 0.755. The molecule has 1 fully saturated rings. The first-order chi connectivity index (χ1) is 13.2. The molecular weight excluding hydrogens is 346 g/mol. The second kappa shape index (κ2) is 8.12. The van der Waals surface area contributed by atoms with Gasteiger partial charge in [0.2, 0.25) is 5.95 Å². The molecule has 0 aliphatic carbocycles. The number of aliphatic hydroxyl groups excluding tert-OH is 1. The van der Waals surface area contributed by atoms with Gasteiger partial charge in [-0.3, -0.25) is 4.90 Å². The van der Waals surface area contributed by atoms with Crippen molar-refractivity contribution < 1.29 is 9.84 Å². The van der Waals surface area contributed by atoms with Crippen molar-refractivity contribution in [1.82, 2.24) is 24.8 Å². The van der Waals surface area contributed by atoms with Crippen LogP contribution in [-0.2, 0) is 17.7 Å². The Morgan fingerprint density at radius 3 is 2.63 bits per heavy atom. The highest BCUT2D eigenvalue weighted by atomic mass is 16.5. The van der Waals surface area contributed by atoms with Crippen molar-refractivity contribution in [2.75, 3.05) is 56.6 Å². The predicted octanol–water partition coefficient (Wildman–Crippen LogP) is 0.0929. The lowest BCUT2D eigenvalue weighted by Crippen LogP contribution is -2.39. The third kappa shape index (κ3) is 4.00. The normalized spacial score (nSPS) is 17.7. The number of hydrogen-bond acceptors (Lipinski definition) is 9. The third-order valence-electron chi connectivity index (χ3n) is 5.00. The summed E-state index contributed by atoms with van der Waals surface area (Å²) in [6, 6.07) is 0. The Labute approximate surface area is 158 Å². The van der Waals surface area contributed by atoms with E-state index in [1.807, 2.05) is 0 Å². The first-order valence-corrected chi connectivity index (χ1v) is 9.38. The molecule has 0 bridgehead atoms. The van der Waals surface area contributed by atoms with Gasteiger partial charge in [0.15, 0.2) is 5.82 Å². The molecule has 0 aromatic carbocycles. The van der Waals surface area contributed by atoms with Gasteiger partial charge in [0, 0.05) is 57.3 Å². The average Bonchev–Trinajstić information content (AvgIpc) is 2.72. The number of nitrogens with two attached hydrogens (primary N) is 1. The molecule has 4 rings (SSSR count). The molecule has 4 heterocycles. The van der Waals surface area contributed by atoms with Crippen LogP contribution >= 0.6 is 0 Å². The second-order valence-electron chi connectivity index (χ2n) is 6.83. The van der Waals surface area contributed by atoms with Crippen molar-refractivity contribution in [3.63, 3.8) is 0 Å². The fourth-order valence-corrected chi connectivity index (χ4v) is 3.57. The molecule has 2 aromatic rings. The number of nitrogens with zero attached hydrogens (tertiary/aromatic N) is 6. The van der Waals surface area contributed by atoms with Gasteiger partial charge in [-0.25, -0.2) is 19.9 Å². The van der Waals surface area contributed by atoms with Gasteiger partial charge >= 0.3 is 0 Å². The molecule has 0 radical (unpaired) electrons. The van der Waals surface area contributed by atoms with Crippen molar-refractivity contribution in [2.24, 2.45) is 0 Å². The van der Waals surface area contributed by atoms with E-state index < -0.39 is 0 Å². The molecule has 0 atom stereocenters. The minimum atomic E-state index is 0.209. The van der Waals surface area contributed by atoms with Gasteiger partial charge in [0.25, 0.3) is 0 Å². The Hall–Kier alpha value is -2.36. The number of hydrogen-bond donors (Lipinski definition) is 2. The molecule has 1 saturated heterocycles. The van der Waals surface area contributed by atoms with E-state index >= 15 is 0 Å². The topological polar surface area (TPSA) is 114 Å². The Balaban J connectivity index is 1.71. The predicted molar refractivity (Wildman–Crippen MR) is 101 cm³/mol. The Morgan fingerprint density at radius 2 is 1.89 bits per heavy atom. The second-order valence-corrected chi connectivity index (χ2v) is 6.83. The molecule has 2 aliphatic heterocycles. The van der Waals surface area contributed by atoms with E-state index in [-0.39, 0.29) is 12.6 Å². The van der Waals surface area contributed by atoms with Crippen LogP contribution in [0.2, 0.25) is 0 Å². The van der Waals surface area contributed by atoms with E-state index in [1.54, 1.807) is 12.4 Å². The van der Waals surface area contributed by atoms with Crippen LogP contribution in [0.1, 0.15) is 17.7 Å². The third-order valence-corrected chi connectivity index (χ3v) is 5.00. The number of fused-ring (bicyclic) bond motifs is 1. The monoisotopic (exact) mass is 371 g/mol. The molecule has 3 N–H and O–H groups in total. The fraction of sp³-hybridized carbons (Fsp3) is 0.556. The zero-order valence-electron chi connectivity index (χ0n) is 15.3. The van der Waals surface area contributed by atoms with Crippen LogP contribution in [0.15, 0.2) is 12.4 Å². The van der Waals surface area contributed by atoms with Gasteiger partial charge in [-0.1, -0.05) is 0 Å². The van der Waals surface area contributed by atoms with Crippen molar-refractivity contribution >= 4 is 11.8 Å². The summed E-state index contributed by atoms with van der Waals surface area (Å²) in [5, 5.41) is 9.13. The first kappa shape index (κ1) is 18.0. The highest BCUT2D eigenvalue weighted by Gasteiger charge is 2.26. The lowest BCUT2D eigenvalue weighted by Gasteiger charge is -2.34. The Morgan fingerprint density at radius 1 is 1.11 bits per heavy atom. The molecule has 9 nitrogen and oxygen atoms in total. The molecule has 144 valence electrons. The molecule has 27 heavy (non-hydrogen) atoms. The van der Waals surface area contributed by atoms with Crippen LogP contribution in [0.4, 0.5) is 11.8 Å². The van der Waals surface area contributed by atoms with Gasteiger partial charge in [-0.15, -0.1) is 0 Å². The Kier molecular flexibility index (Phi) is 5.42. The summed E-state index contributed by atoms with van der Waals surface area (Å²) >= 11 is 0. The lowest BCUT2D eigenvalue weighted by atomic mass is 10.0. The summed E-state index contributed by atoms with van der Waals surface area (Å²) in [4.78, 5) is 22.5. The molecule has 0 unspecified atom stereocenters. The van der Waals surface area contributed by atoms with E-state index in [4.69, 9.17) is 25.5 Å². The molecular formula is C18H25N7O2. The summed E-state index contributed by atoms with van der Waals surface area (Å²) in [5.74, 6) is 1.86. The van der Waals surface area contributed by atoms with Gasteiger partial charge in [0.05, 0.1) is 24.5 Å². The van der Waals surface area contributed by atoms with Gasteiger partial charge in [0.1, 0.15) is 5.82 Å². The SMILES string of the molecule is Nc1ncc(-c2nc3c(c(N4CCOCC4)n2)CCN(CCCO)C3)cn1. The molecule has 9 heteroatoms. The molecule has 0 saturated carbocycles. The maximum Gasteiger partial charge on any atom is 0.219 e. The zero-order chi connectivity index (χ0) is 18.6. The minimum Gasteiger partial charge on any atom is -0.396 e. The van der Waals surface area contributed by atoms with E-state index in [9.17, 15) is 0 Å². The number of aliphatic hydroxyl groups is 1. The van der Waals surface area contributed by atoms with Gasteiger partial charge in [-0.2, -0.15) is 0 Å². The number of morpholine rings is 1. The summed E-state index contributed by atoms with van der Waals surface area (Å²) in [6.45, 7) is 5.87. The van der Waals surface area contributed by atoms with Crippen molar-refractivity contribution in [3.8, 4) is 11.4 Å². The molecule has 2 aromatic heterocycles. The number of anilines is 2. The maximum atomic E-state index is 9.13. The largest absolute Gasteiger partial charge is 0.396 e. The van der Waals surface area contributed by atoms with E-state index in [0.717, 1.165) is 62.6 Å². The lowest BCUT2D eigenvalue weighted by molar-refractivity contribution is 0.122. The van der Waals surface area contributed by atoms with E-state index in [2.05, 4.69) is 19.8 Å². The highest BCUT2D eigenvalue weighted by molar-refractivity contribution is 5.60. The van der Waals surface area contributed by atoms with Crippen LogP contribution in [-0.4, -0.2) is 75.9 Å². The molecule has 0 amide bonds. The van der Waals surface area contributed by atoms with Crippen LogP contribution in [0, 0.1) is 0 Å². The maximum absolute atomic E-state index is 9.13. The average molecular weight is 371 g/mol. The first-order valence-electron chi connectivity index (χ1n) is 9.38. The van der Waals surface area contributed by atoms with Crippen LogP contribution < -0.4 is 10.6 Å². The van der Waals surface area contributed by atoms with Gasteiger partial charge < -0.3 is 20.5 Å². The number of nitrogen functional groups attached to an aromatic ring is 1. The minimum absolute atomic E-state index is 0.209. The fourth-order valence-electron chi connectivity index (χ4n) is 3.57. The number of aromatic nitrogens is 4. The van der Waals surface area contributed by atoms with Crippen LogP contribution in [0.25, 0.3) is 11.4 Å². The summed E-state index contributed by atoms with van der Waals surface area (Å²) in [6.07, 6.45) is 5.01. The van der Waals surface area contributed by atoms with E-state index in [1.165, 1.54) is 5.56 Å². The summed E-state index contributed by atoms with van der Waals surface area (Å²) in [7, 11) is 0. The highest BCUT2D eigenvalue weighted by Crippen LogP contribution is 2.29. The van der Waals surface area contributed by atoms with Crippen molar-refractivity contribution in [2.45, 2.75) is 19.4 Å². The molecule has 0 spiro atoms. The van der Waals surface area contributed by atoms with Crippen molar-refractivity contribution in [3.05, 3.63) is 23.7 Å². The summed E-state index contributed by atoms with van der Waals surface area (Å²) < 4.78 is 5.50. The van der Waals surface area contributed by atoms with E-state index in [0.29, 0.717) is 19.0 Å². The number of rotatable bonds is 5. The van der Waals surface area contributed by atoms with Crippen molar-refractivity contribution in [1.29, 1.82) is 0 Å². The molecule has 2 aliphatic rings. The Bertz CT molecular complexity index is 778. The zero-order valence-corrected chi connectivity index (χ0v) is 15.3. The standard InChI is InChI=1S/C18H25N7O2/c19-18-20-10-13(11-21-18)16-22-15-12-24(3-1-7-26)4-2-14(15)17(23-16)25-5-8-27-9-6-25/h10-11,26H,1-9,12H2,(H2,19,20,21). The van der Waals surface area contributed by atoms with Crippen LogP contribution in [0.3, 0.4) is 0 Å². The summed E-state index contributed by atoms with van der Waals surface area (Å²) in [5.41, 5.74) is 8.64. The smallest absolute Gasteiger partial charge is 0.219 e.